The van der Waals surface area contributed by atoms with Crippen molar-refractivity contribution in [3.8, 4) is 5.75 Å². The zero-order valence-electron chi connectivity index (χ0n) is 13.7. The van der Waals surface area contributed by atoms with Crippen LogP contribution in [0.2, 0.25) is 0 Å². The third-order valence-electron chi connectivity index (χ3n) is 3.56. The summed E-state index contributed by atoms with van der Waals surface area (Å²) in [6.45, 7) is 2.85. The largest absolute Gasteiger partial charge is 0.508 e. The lowest BCUT2D eigenvalue weighted by Crippen LogP contribution is -2.20. The molecule has 0 spiro atoms. The molecule has 0 aliphatic heterocycles. The van der Waals surface area contributed by atoms with Crippen LogP contribution in [0.15, 0.2) is 58.8 Å². The predicted molar refractivity (Wildman–Crippen MR) is 100.0 cm³/mol. The molecule has 0 bridgehead atoms. The van der Waals surface area contributed by atoms with E-state index in [4.69, 9.17) is 0 Å². The van der Waals surface area contributed by atoms with Crippen molar-refractivity contribution in [2.75, 3.05) is 5.75 Å². The number of nitrogens with one attached hydrogen (secondary N) is 1. The van der Waals surface area contributed by atoms with Gasteiger partial charge in [-0.2, -0.15) is 5.10 Å². The fraction of sp³-hybridized carbons (Fsp3) is 0.167. The molecule has 25 heavy (non-hydrogen) atoms. The van der Waals surface area contributed by atoms with Crippen molar-refractivity contribution in [3.05, 3.63) is 54.1 Å². The third-order valence-corrected chi connectivity index (χ3v) is 4.54. The average Bonchev–Trinajstić information content (AvgIpc) is 2.99. The molecule has 2 N–H and O–H groups in total. The smallest absolute Gasteiger partial charge is 0.250 e. The van der Waals surface area contributed by atoms with Crippen LogP contribution in [0.3, 0.4) is 0 Å². The summed E-state index contributed by atoms with van der Waals surface area (Å²) in [6.07, 6.45) is 1.53. The molecule has 3 rings (SSSR count). The summed E-state index contributed by atoms with van der Waals surface area (Å²) in [5, 5.41) is 14.0. The molecule has 0 radical (unpaired) electrons. The number of thioether (sulfide) groups is 1. The van der Waals surface area contributed by atoms with Gasteiger partial charge in [-0.05, 0) is 48.9 Å². The Balaban J connectivity index is 1.58. The Morgan fingerprint density at radius 2 is 2.04 bits per heavy atom. The average molecular weight is 354 g/mol. The second-order valence-electron chi connectivity index (χ2n) is 5.30. The van der Waals surface area contributed by atoms with Gasteiger partial charge in [-0.15, -0.1) is 0 Å². The van der Waals surface area contributed by atoms with Gasteiger partial charge in [0.25, 0.3) is 5.91 Å². The standard InChI is InChI=1S/C18H18N4O2S/c1-2-22-16-6-4-3-5-15(16)20-18(22)25-12-17(24)21-19-11-13-7-9-14(23)10-8-13/h3-11,23H,2,12H2,1H3,(H,21,24)/b19-11+. The molecular formula is C18H18N4O2S. The van der Waals surface area contributed by atoms with Gasteiger partial charge in [-0.1, -0.05) is 23.9 Å². The number of benzene rings is 2. The van der Waals surface area contributed by atoms with E-state index in [1.54, 1.807) is 24.3 Å². The summed E-state index contributed by atoms with van der Waals surface area (Å²) >= 11 is 1.39. The number of phenolic OH excluding ortho intramolecular Hbond substituents is 1. The van der Waals surface area contributed by atoms with Gasteiger partial charge in [-0.3, -0.25) is 4.79 Å². The van der Waals surface area contributed by atoms with Crippen molar-refractivity contribution in [1.29, 1.82) is 0 Å². The molecular weight excluding hydrogens is 336 g/mol. The SMILES string of the molecule is CCn1c(SCC(=O)N/N=C/c2ccc(O)cc2)nc2ccccc21. The van der Waals surface area contributed by atoms with Gasteiger partial charge in [0.1, 0.15) is 5.75 Å². The van der Waals surface area contributed by atoms with Crippen LogP contribution in [0.5, 0.6) is 5.75 Å². The van der Waals surface area contributed by atoms with Crippen LogP contribution in [-0.2, 0) is 11.3 Å². The van der Waals surface area contributed by atoms with Gasteiger partial charge < -0.3 is 9.67 Å². The molecule has 6 nitrogen and oxygen atoms in total. The van der Waals surface area contributed by atoms with E-state index in [-0.39, 0.29) is 17.4 Å². The van der Waals surface area contributed by atoms with Crippen LogP contribution in [-0.4, -0.2) is 32.5 Å². The lowest BCUT2D eigenvalue weighted by Gasteiger charge is -2.04. The molecule has 0 unspecified atom stereocenters. The predicted octanol–water partition coefficient (Wildman–Crippen LogP) is 3.00. The molecule has 0 aliphatic rings. The maximum absolute atomic E-state index is 12.0. The van der Waals surface area contributed by atoms with Gasteiger partial charge in [0.15, 0.2) is 5.16 Å². The fourth-order valence-electron chi connectivity index (χ4n) is 2.37. The Labute approximate surface area is 149 Å². The zero-order valence-corrected chi connectivity index (χ0v) is 14.5. The van der Waals surface area contributed by atoms with Crippen molar-refractivity contribution in [1.82, 2.24) is 15.0 Å². The Hall–Kier alpha value is -2.80. The number of carbonyl (C=O) groups is 1. The molecule has 128 valence electrons. The van der Waals surface area contributed by atoms with E-state index in [1.165, 1.54) is 18.0 Å². The van der Waals surface area contributed by atoms with Crippen LogP contribution in [0, 0.1) is 0 Å². The number of imidazole rings is 1. The van der Waals surface area contributed by atoms with Gasteiger partial charge in [0.2, 0.25) is 0 Å². The van der Waals surface area contributed by atoms with E-state index in [0.717, 1.165) is 28.3 Å². The fourth-order valence-corrected chi connectivity index (χ4v) is 3.24. The third kappa shape index (κ3) is 4.19. The summed E-state index contributed by atoms with van der Waals surface area (Å²) in [7, 11) is 0. The lowest BCUT2D eigenvalue weighted by molar-refractivity contribution is -0.118. The van der Waals surface area contributed by atoms with E-state index in [2.05, 4.69) is 27.0 Å². The zero-order chi connectivity index (χ0) is 17.6. The highest BCUT2D eigenvalue weighted by atomic mass is 32.2. The molecule has 0 atom stereocenters. The molecule has 1 aromatic heterocycles. The molecule has 0 aliphatic carbocycles. The normalized spacial score (nSPS) is 11.2. The van der Waals surface area contributed by atoms with Crippen LogP contribution >= 0.6 is 11.8 Å². The first-order valence-electron chi connectivity index (χ1n) is 7.86. The molecule has 0 saturated carbocycles. The van der Waals surface area contributed by atoms with Crippen molar-refractivity contribution in [2.24, 2.45) is 5.10 Å². The molecule has 0 saturated heterocycles. The number of carbonyl (C=O) groups excluding carboxylic acids is 1. The van der Waals surface area contributed by atoms with Crippen molar-refractivity contribution >= 4 is 34.9 Å². The number of nitrogens with zero attached hydrogens (tertiary/aromatic N) is 3. The highest BCUT2D eigenvalue weighted by Gasteiger charge is 2.11. The second kappa shape index (κ2) is 7.85. The molecule has 3 aromatic rings. The van der Waals surface area contributed by atoms with Crippen LogP contribution < -0.4 is 5.43 Å². The van der Waals surface area contributed by atoms with Crippen molar-refractivity contribution in [2.45, 2.75) is 18.6 Å². The highest BCUT2D eigenvalue weighted by Crippen LogP contribution is 2.23. The maximum Gasteiger partial charge on any atom is 0.250 e. The molecule has 0 fully saturated rings. The summed E-state index contributed by atoms with van der Waals surface area (Å²) in [5.74, 6) is 0.224. The Morgan fingerprint density at radius 3 is 2.80 bits per heavy atom. The number of hydrogen-bond acceptors (Lipinski definition) is 5. The van der Waals surface area contributed by atoms with E-state index < -0.39 is 0 Å². The minimum atomic E-state index is -0.199. The van der Waals surface area contributed by atoms with E-state index >= 15 is 0 Å². The van der Waals surface area contributed by atoms with Gasteiger partial charge in [0.05, 0.1) is 23.0 Å². The number of rotatable bonds is 6. The summed E-state index contributed by atoms with van der Waals surface area (Å²) in [4.78, 5) is 16.5. The van der Waals surface area contributed by atoms with Gasteiger partial charge in [-0.25, -0.2) is 10.4 Å². The van der Waals surface area contributed by atoms with E-state index in [1.807, 2.05) is 24.3 Å². The molecule has 2 aromatic carbocycles. The Kier molecular flexibility index (Phi) is 5.35. The van der Waals surface area contributed by atoms with E-state index in [9.17, 15) is 9.90 Å². The van der Waals surface area contributed by atoms with Crippen molar-refractivity contribution < 1.29 is 9.90 Å². The Bertz CT molecular complexity index is 903. The second-order valence-corrected chi connectivity index (χ2v) is 6.24. The number of amides is 1. The monoisotopic (exact) mass is 354 g/mol. The minimum absolute atomic E-state index is 0.191. The first kappa shape index (κ1) is 17.0. The van der Waals surface area contributed by atoms with Crippen LogP contribution in [0.25, 0.3) is 11.0 Å². The minimum Gasteiger partial charge on any atom is -0.508 e. The van der Waals surface area contributed by atoms with Gasteiger partial charge in [0, 0.05) is 6.54 Å². The molecule has 1 amide bonds. The number of fused-ring (bicyclic) bond motifs is 1. The summed E-state index contributed by atoms with van der Waals surface area (Å²) < 4.78 is 2.09. The number of aromatic nitrogens is 2. The number of aromatic hydroxyl groups is 1. The number of phenols is 1. The molecule has 1 heterocycles. The van der Waals surface area contributed by atoms with Gasteiger partial charge >= 0.3 is 0 Å². The summed E-state index contributed by atoms with van der Waals surface area (Å²) in [6, 6.07) is 14.5. The first-order chi connectivity index (χ1) is 12.2. The van der Waals surface area contributed by atoms with Crippen LogP contribution in [0.4, 0.5) is 0 Å². The van der Waals surface area contributed by atoms with Crippen LogP contribution in [0.1, 0.15) is 12.5 Å². The Morgan fingerprint density at radius 1 is 1.28 bits per heavy atom. The molecule has 7 heteroatoms. The number of para-hydroxylation sites is 2. The topological polar surface area (TPSA) is 79.5 Å². The summed E-state index contributed by atoms with van der Waals surface area (Å²) in [5.41, 5.74) is 5.28. The lowest BCUT2D eigenvalue weighted by atomic mass is 10.2. The number of hydrogen-bond donors (Lipinski definition) is 2. The van der Waals surface area contributed by atoms with E-state index in [0.29, 0.717) is 0 Å². The number of aryl methyl sites for hydroxylation is 1. The maximum atomic E-state index is 12.0. The first-order valence-corrected chi connectivity index (χ1v) is 8.85. The number of hydrazone groups is 1. The van der Waals surface area contributed by atoms with Crippen molar-refractivity contribution in [3.63, 3.8) is 0 Å². The quantitative estimate of drug-likeness (QED) is 0.405. The highest BCUT2D eigenvalue weighted by molar-refractivity contribution is 7.99.